The molecular weight excluding hydrogens is 256 g/mol. The van der Waals surface area contributed by atoms with Crippen molar-refractivity contribution in [2.45, 2.75) is 32.0 Å². The Balaban J connectivity index is 2.38. The van der Waals surface area contributed by atoms with Gasteiger partial charge >= 0.3 is 21.1 Å². The van der Waals surface area contributed by atoms with Gasteiger partial charge in [0.25, 0.3) is 0 Å². The summed E-state index contributed by atoms with van der Waals surface area (Å²) in [7, 11) is 4.27. The molecule has 0 saturated carbocycles. The van der Waals surface area contributed by atoms with Crippen LogP contribution < -0.4 is 11.2 Å². The molecule has 5 nitrogen and oxygen atoms in total. The van der Waals surface area contributed by atoms with E-state index < -0.39 is 24.3 Å². The molecule has 1 heterocycles. The van der Waals surface area contributed by atoms with Gasteiger partial charge in [-0.2, -0.15) is 0 Å². The summed E-state index contributed by atoms with van der Waals surface area (Å²) < 4.78 is 16.2. The van der Waals surface area contributed by atoms with Crippen molar-refractivity contribution < 1.29 is 18.8 Å². The summed E-state index contributed by atoms with van der Waals surface area (Å²) in [6, 6.07) is 6.87. The van der Waals surface area contributed by atoms with E-state index in [9.17, 15) is 4.79 Å². The van der Waals surface area contributed by atoms with Crippen LogP contribution in [-0.2, 0) is 14.0 Å². The van der Waals surface area contributed by atoms with Crippen LogP contribution in [-0.4, -0.2) is 38.9 Å². The number of benzene rings is 1. The van der Waals surface area contributed by atoms with Gasteiger partial charge < -0.3 is 19.7 Å². The van der Waals surface area contributed by atoms with Crippen LogP contribution in [0.1, 0.15) is 31.1 Å². The number of carbonyl (C=O) groups is 1. The maximum atomic E-state index is 11.7. The molecule has 1 aliphatic rings. The maximum Gasteiger partial charge on any atom is 0.495 e. The molecule has 1 aromatic rings. The molecule has 2 radical (unpaired) electrons. The predicted molar refractivity (Wildman–Crippen MR) is 76.7 cm³/mol. The summed E-state index contributed by atoms with van der Waals surface area (Å²) in [5.41, 5.74) is 5.47. The second kappa shape index (κ2) is 5.24. The molecule has 7 heteroatoms. The van der Waals surface area contributed by atoms with Gasteiger partial charge in [-0.1, -0.05) is 18.2 Å². The summed E-state index contributed by atoms with van der Waals surface area (Å²) in [5, 5.41) is 0. The molecule has 1 aromatic carbocycles. The second-order valence-corrected chi connectivity index (χ2v) is 5.51. The highest BCUT2D eigenvalue weighted by molar-refractivity contribution is 6.63. The summed E-state index contributed by atoms with van der Waals surface area (Å²) >= 11 is 0. The predicted octanol–water partition coefficient (Wildman–Crippen LogP) is 0.165. The minimum atomic E-state index is -0.686. The van der Waals surface area contributed by atoms with Crippen molar-refractivity contribution in [1.29, 1.82) is 0 Å². The third kappa shape index (κ3) is 2.37. The molecule has 0 aliphatic carbocycles. The van der Waals surface area contributed by atoms with Gasteiger partial charge in [0.1, 0.15) is 0 Å². The van der Waals surface area contributed by atoms with Gasteiger partial charge in [0.05, 0.1) is 16.8 Å². The lowest BCUT2D eigenvalue weighted by Gasteiger charge is -2.35. The molecule has 1 saturated heterocycles. The van der Waals surface area contributed by atoms with E-state index in [1.165, 1.54) is 0 Å². The first-order chi connectivity index (χ1) is 9.34. The fourth-order valence-corrected chi connectivity index (χ4v) is 2.17. The lowest BCUT2D eigenvalue weighted by molar-refractivity contribution is -0.00187. The van der Waals surface area contributed by atoms with Crippen LogP contribution in [0, 0.1) is 0 Å². The molecule has 1 unspecified atom stereocenters. The zero-order valence-corrected chi connectivity index (χ0v) is 11.9. The van der Waals surface area contributed by atoms with E-state index in [0.717, 1.165) is 0 Å². The van der Waals surface area contributed by atoms with E-state index in [4.69, 9.17) is 23.1 Å². The molecule has 0 aromatic heterocycles. The van der Waals surface area contributed by atoms with Crippen molar-refractivity contribution >= 4 is 26.6 Å². The van der Waals surface area contributed by atoms with Gasteiger partial charge in [0.2, 0.25) is 0 Å². The first kappa shape index (κ1) is 15.1. The van der Waals surface area contributed by atoms with E-state index in [-0.39, 0.29) is 0 Å². The largest absolute Gasteiger partial charge is 0.540 e. The molecule has 1 aliphatic heterocycles. The zero-order chi connectivity index (χ0) is 15.0. The molecule has 0 amide bonds. The smallest absolute Gasteiger partial charge is 0.495 e. The topological polar surface area (TPSA) is 70.8 Å². The lowest BCUT2D eigenvalue weighted by Crippen LogP contribution is -2.50. The second-order valence-electron chi connectivity index (χ2n) is 5.51. The van der Waals surface area contributed by atoms with Crippen LogP contribution in [0.4, 0.5) is 0 Å². The van der Waals surface area contributed by atoms with E-state index in [0.29, 0.717) is 17.6 Å². The van der Waals surface area contributed by atoms with Gasteiger partial charge in [0.15, 0.2) is 0 Å². The Morgan fingerprint density at radius 3 is 2.55 bits per heavy atom. The third-order valence-electron chi connectivity index (χ3n) is 3.97. The van der Waals surface area contributed by atoms with Gasteiger partial charge in [0, 0.05) is 6.54 Å². The summed E-state index contributed by atoms with van der Waals surface area (Å²) in [6.07, 6.45) is 0. The quantitative estimate of drug-likeness (QED) is 0.794. The Hall–Kier alpha value is -1.30. The highest BCUT2D eigenvalue weighted by atomic mass is 16.7. The monoisotopic (exact) mass is 273 g/mol. The lowest BCUT2D eigenvalue weighted by atomic mass is 9.76. The maximum absolute atomic E-state index is 11.7. The summed E-state index contributed by atoms with van der Waals surface area (Å²) in [6.45, 7) is 6.00. The van der Waals surface area contributed by atoms with Crippen molar-refractivity contribution in [3.05, 3.63) is 29.8 Å². The normalized spacial score (nSPS) is 24.7. The van der Waals surface area contributed by atoms with E-state index >= 15 is 0 Å². The van der Waals surface area contributed by atoms with Crippen molar-refractivity contribution in [2.24, 2.45) is 5.73 Å². The number of hydrogen-bond acceptors (Lipinski definition) is 5. The minimum Gasteiger partial charge on any atom is -0.540 e. The molecule has 2 rings (SSSR count). The molecule has 1 fully saturated rings. The van der Waals surface area contributed by atoms with Crippen LogP contribution in [0.25, 0.3) is 0 Å². The Bertz CT molecular complexity index is 523. The molecular formula is C13H17B2NO4. The number of hydrogen-bond donors (Lipinski definition) is 1. The SMILES string of the molecule is [B]OC(=O)c1ccccc1B1OC(C)(C)C(C)(CN)O1. The standard InChI is InChI=1S/C13H17B2NO4/c1-12(2)13(3,8-16)20-15(19-12)10-7-5-4-6-9(10)11(17)18-14/h4-7H,8,16H2,1-3H3. The van der Waals surface area contributed by atoms with Gasteiger partial charge in [-0.3, -0.25) is 0 Å². The molecule has 0 bridgehead atoms. The average Bonchev–Trinajstić information content (AvgIpc) is 2.69. The van der Waals surface area contributed by atoms with Gasteiger partial charge in [-0.05, 0) is 32.3 Å². The Morgan fingerprint density at radius 2 is 2.00 bits per heavy atom. The van der Waals surface area contributed by atoms with Crippen LogP contribution in [0.15, 0.2) is 24.3 Å². The molecule has 104 valence electrons. The summed E-state index contributed by atoms with van der Waals surface area (Å²) in [4.78, 5) is 11.7. The third-order valence-corrected chi connectivity index (χ3v) is 3.97. The number of rotatable bonds is 3. The van der Waals surface area contributed by atoms with Crippen molar-refractivity contribution in [3.63, 3.8) is 0 Å². The fourth-order valence-electron chi connectivity index (χ4n) is 2.17. The van der Waals surface area contributed by atoms with Crippen LogP contribution in [0.5, 0.6) is 0 Å². The Labute approximate surface area is 120 Å². The first-order valence-electron chi connectivity index (χ1n) is 6.40. The molecule has 0 spiro atoms. The molecule has 1 atom stereocenters. The number of carbonyl (C=O) groups excluding carboxylic acids is 1. The average molecular weight is 273 g/mol. The van der Waals surface area contributed by atoms with E-state index in [1.54, 1.807) is 24.3 Å². The number of nitrogens with two attached hydrogens (primary N) is 1. The van der Waals surface area contributed by atoms with E-state index in [2.05, 4.69) is 4.65 Å². The highest BCUT2D eigenvalue weighted by Gasteiger charge is 2.54. The van der Waals surface area contributed by atoms with Crippen molar-refractivity contribution in [1.82, 2.24) is 0 Å². The zero-order valence-electron chi connectivity index (χ0n) is 11.9. The highest BCUT2D eigenvalue weighted by Crippen LogP contribution is 2.36. The Morgan fingerprint density at radius 1 is 1.35 bits per heavy atom. The van der Waals surface area contributed by atoms with Crippen molar-refractivity contribution in [3.8, 4) is 0 Å². The molecule has 20 heavy (non-hydrogen) atoms. The fraction of sp³-hybridized carbons (Fsp3) is 0.462. The Kier molecular flexibility index (Phi) is 3.95. The molecule has 2 N–H and O–H groups in total. The summed E-state index contributed by atoms with van der Waals surface area (Å²) in [5.74, 6) is -0.632. The van der Waals surface area contributed by atoms with Gasteiger partial charge in [-0.25, -0.2) is 4.79 Å². The van der Waals surface area contributed by atoms with Crippen LogP contribution in [0.2, 0.25) is 0 Å². The van der Waals surface area contributed by atoms with Crippen LogP contribution >= 0.6 is 0 Å². The minimum absolute atomic E-state index is 0.306. The van der Waals surface area contributed by atoms with Crippen molar-refractivity contribution in [2.75, 3.05) is 6.54 Å². The van der Waals surface area contributed by atoms with Crippen LogP contribution in [0.3, 0.4) is 0 Å². The van der Waals surface area contributed by atoms with Gasteiger partial charge in [-0.15, -0.1) is 0 Å². The van der Waals surface area contributed by atoms with E-state index in [1.807, 2.05) is 20.8 Å². The first-order valence-corrected chi connectivity index (χ1v) is 6.40.